The van der Waals surface area contributed by atoms with Gasteiger partial charge < -0.3 is 15.5 Å². The van der Waals surface area contributed by atoms with Crippen LogP contribution in [0, 0.1) is 5.92 Å². The molecule has 0 bridgehead atoms. The van der Waals surface area contributed by atoms with E-state index < -0.39 is 0 Å². The summed E-state index contributed by atoms with van der Waals surface area (Å²) in [6.45, 7) is 3.05. The number of piperidine rings is 1. The molecule has 1 saturated heterocycles. The van der Waals surface area contributed by atoms with Crippen molar-refractivity contribution in [3.63, 3.8) is 0 Å². The Morgan fingerprint density at radius 1 is 1.22 bits per heavy atom. The van der Waals surface area contributed by atoms with Gasteiger partial charge in [0.15, 0.2) is 0 Å². The maximum absolute atomic E-state index is 12.2. The minimum atomic E-state index is -0.141. The molecule has 0 aromatic heterocycles. The van der Waals surface area contributed by atoms with Gasteiger partial charge in [0.25, 0.3) is 5.91 Å². The van der Waals surface area contributed by atoms with Crippen LogP contribution in [-0.4, -0.2) is 49.9 Å². The van der Waals surface area contributed by atoms with Gasteiger partial charge in [-0.05, 0) is 56.6 Å². The van der Waals surface area contributed by atoms with Crippen molar-refractivity contribution in [1.29, 1.82) is 0 Å². The summed E-state index contributed by atoms with van der Waals surface area (Å²) in [5.41, 5.74) is 0.605. The highest BCUT2D eigenvalue weighted by atomic mass is 79.9. The third-order valence-corrected chi connectivity index (χ3v) is 4.72. The predicted octanol–water partition coefficient (Wildman–Crippen LogP) is 2.03. The average molecular weight is 382 g/mol. The fourth-order valence-electron chi connectivity index (χ4n) is 2.82. The lowest BCUT2D eigenvalue weighted by molar-refractivity contribution is -0.132. The monoisotopic (exact) mass is 381 g/mol. The van der Waals surface area contributed by atoms with Crippen LogP contribution in [0.15, 0.2) is 28.7 Å². The van der Waals surface area contributed by atoms with Crippen molar-refractivity contribution in [1.82, 2.24) is 15.5 Å². The van der Waals surface area contributed by atoms with E-state index >= 15 is 0 Å². The fourth-order valence-corrected chi connectivity index (χ4v) is 3.08. The van der Waals surface area contributed by atoms with Gasteiger partial charge in [0.2, 0.25) is 5.91 Å². The average Bonchev–Trinajstić information content (AvgIpc) is 2.56. The third kappa shape index (κ3) is 5.62. The summed E-state index contributed by atoms with van der Waals surface area (Å²) >= 11 is 3.34. The smallest absolute Gasteiger partial charge is 0.251 e. The van der Waals surface area contributed by atoms with Gasteiger partial charge in [0.05, 0.1) is 0 Å². The van der Waals surface area contributed by atoms with Crippen LogP contribution in [0.1, 0.15) is 29.6 Å². The van der Waals surface area contributed by atoms with E-state index in [0.29, 0.717) is 24.4 Å². The molecule has 2 amide bonds. The molecule has 1 aliphatic heterocycles. The molecule has 1 aromatic carbocycles. The van der Waals surface area contributed by atoms with E-state index in [1.54, 1.807) is 12.1 Å². The summed E-state index contributed by atoms with van der Waals surface area (Å²) in [5, 5.41) is 6.00. The molecule has 0 aliphatic carbocycles. The maximum Gasteiger partial charge on any atom is 0.251 e. The SMILES string of the molecule is CNCC1CCN(C(=O)CCNC(=O)c2ccc(Br)cc2)CC1. The lowest BCUT2D eigenvalue weighted by Crippen LogP contribution is -2.41. The number of benzene rings is 1. The number of likely N-dealkylation sites (tertiary alicyclic amines) is 1. The largest absolute Gasteiger partial charge is 0.352 e. The minimum Gasteiger partial charge on any atom is -0.352 e. The molecule has 2 N–H and O–H groups in total. The van der Waals surface area contributed by atoms with Crippen LogP contribution in [0.2, 0.25) is 0 Å². The van der Waals surface area contributed by atoms with E-state index in [1.807, 2.05) is 24.1 Å². The van der Waals surface area contributed by atoms with Crippen LogP contribution < -0.4 is 10.6 Å². The van der Waals surface area contributed by atoms with E-state index in [2.05, 4.69) is 26.6 Å². The molecule has 23 heavy (non-hydrogen) atoms. The lowest BCUT2D eigenvalue weighted by atomic mass is 9.96. The topological polar surface area (TPSA) is 61.4 Å². The number of hydrogen-bond acceptors (Lipinski definition) is 3. The van der Waals surface area contributed by atoms with Crippen molar-refractivity contribution < 1.29 is 9.59 Å². The first-order valence-corrected chi connectivity index (χ1v) is 8.85. The number of halogens is 1. The van der Waals surface area contributed by atoms with Crippen molar-refractivity contribution in [2.75, 3.05) is 33.2 Å². The highest BCUT2D eigenvalue weighted by Crippen LogP contribution is 2.16. The Morgan fingerprint density at radius 2 is 1.87 bits per heavy atom. The molecule has 0 unspecified atom stereocenters. The number of carbonyl (C=O) groups is 2. The standard InChI is InChI=1S/C17H24BrN3O2/c1-19-12-13-7-10-21(11-8-13)16(22)6-9-20-17(23)14-2-4-15(18)5-3-14/h2-5,13,19H,6-12H2,1H3,(H,20,23). The summed E-state index contributed by atoms with van der Waals surface area (Å²) in [6.07, 6.45) is 2.47. The van der Waals surface area contributed by atoms with Crippen LogP contribution in [0.4, 0.5) is 0 Å². The summed E-state index contributed by atoms with van der Waals surface area (Å²) in [4.78, 5) is 26.1. The Bertz CT molecular complexity index is 525. The number of nitrogens with zero attached hydrogens (tertiary/aromatic N) is 1. The predicted molar refractivity (Wildman–Crippen MR) is 94.3 cm³/mol. The van der Waals surface area contributed by atoms with Crippen LogP contribution in [-0.2, 0) is 4.79 Å². The van der Waals surface area contributed by atoms with E-state index in [0.717, 1.165) is 36.9 Å². The first-order valence-electron chi connectivity index (χ1n) is 8.06. The van der Waals surface area contributed by atoms with Crippen molar-refractivity contribution in [2.24, 2.45) is 5.92 Å². The number of nitrogens with one attached hydrogen (secondary N) is 2. The molecule has 0 saturated carbocycles. The zero-order valence-corrected chi connectivity index (χ0v) is 15.1. The Balaban J connectivity index is 1.69. The summed E-state index contributed by atoms with van der Waals surface area (Å²) in [5.74, 6) is 0.656. The molecular weight excluding hydrogens is 358 g/mol. The Hall–Kier alpha value is -1.40. The first-order chi connectivity index (χ1) is 11.1. The normalized spacial score (nSPS) is 15.5. The molecule has 1 fully saturated rings. The number of carbonyl (C=O) groups excluding carboxylic acids is 2. The zero-order valence-electron chi connectivity index (χ0n) is 13.5. The van der Waals surface area contributed by atoms with Crippen molar-refractivity contribution in [3.05, 3.63) is 34.3 Å². The van der Waals surface area contributed by atoms with Gasteiger partial charge in [-0.25, -0.2) is 0 Å². The van der Waals surface area contributed by atoms with Crippen LogP contribution >= 0.6 is 15.9 Å². The van der Waals surface area contributed by atoms with E-state index in [1.165, 1.54) is 0 Å². The molecule has 6 heteroatoms. The van der Waals surface area contributed by atoms with Crippen LogP contribution in [0.5, 0.6) is 0 Å². The van der Waals surface area contributed by atoms with E-state index in [9.17, 15) is 9.59 Å². The van der Waals surface area contributed by atoms with Gasteiger partial charge in [-0.1, -0.05) is 15.9 Å². The van der Waals surface area contributed by atoms with Gasteiger partial charge in [-0.2, -0.15) is 0 Å². The molecular formula is C17H24BrN3O2. The Labute approximate surface area is 145 Å². The molecule has 126 valence electrons. The molecule has 1 aliphatic rings. The second-order valence-electron chi connectivity index (χ2n) is 5.89. The van der Waals surface area contributed by atoms with Gasteiger partial charge in [0.1, 0.15) is 0 Å². The van der Waals surface area contributed by atoms with Crippen molar-refractivity contribution >= 4 is 27.7 Å². The second kappa shape index (κ2) is 9.03. The first kappa shape index (κ1) is 17.9. The maximum atomic E-state index is 12.2. The van der Waals surface area contributed by atoms with Gasteiger partial charge in [0, 0.05) is 36.1 Å². The molecule has 2 rings (SSSR count). The fraction of sp³-hybridized carbons (Fsp3) is 0.529. The molecule has 0 radical (unpaired) electrons. The highest BCUT2D eigenvalue weighted by Gasteiger charge is 2.22. The molecule has 1 heterocycles. The van der Waals surface area contributed by atoms with E-state index in [4.69, 9.17) is 0 Å². The Kier molecular flexibility index (Phi) is 7.05. The minimum absolute atomic E-state index is 0.129. The van der Waals surface area contributed by atoms with Crippen LogP contribution in [0.3, 0.4) is 0 Å². The highest BCUT2D eigenvalue weighted by molar-refractivity contribution is 9.10. The van der Waals surface area contributed by atoms with Crippen molar-refractivity contribution in [3.8, 4) is 0 Å². The van der Waals surface area contributed by atoms with E-state index in [-0.39, 0.29) is 11.8 Å². The number of hydrogen-bond donors (Lipinski definition) is 2. The lowest BCUT2D eigenvalue weighted by Gasteiger charge is -2.32. The quantitative estimate of drug-likeness (QED) is 0.792. The molecule has 5 nitrogen and oxygen atoms in total. The summed E-state index contributed by atoms with van der Waals surface area (Å²) in [6, 6.07) is 7.17. The third-order valence-electron chi connectivity index (χ3n) is 4.19. The Morgan fingerprint density at radius 3 is 2.48 bits per heavy atom. The number of rotatable bonds is 6. The zero-order chi connectivity index (χ0) is 16.7. The molecule has 0 atom stereocenters. The van der Waals surface area contributed by atoms with Gasteiger partial charge >= 0.3 is 0 Å². The van der Waals surface area contributed by atoms with Crippen LogP contribution in [0.25, 0.3) is 0 Å². The second-order valence-corrected chi connectivity index (χ2v) is 6.81. The molecule has 0 spiro atoms. The summed E-state index contributed by atoms with van der Waals surface area (Å²) in [7, 11) is 1.96. The summed E-state index contributed by atoms with van der Waals surface area (Å²) < 4.78 is 0.936. The van der Waals surface area contributed by atoms with Gasteiger partial charge in [-0.15, -0.1) is 0 Å². The van der Waals surface area contributed by atoms with Gasteiger partial charge in [-0.3, -0.25) is 9.59 Å². The number of amides is 2. The van der Waals surface area contributed by atoms with Crippen molar-refractivity contribution in [2.45, 2.75) is 19.3 Å². The molecule has 1 aromatic rings.